The van der Waals surface area contributed by atoms with E-state index in [1.165, 1.54) is 0 Å². The Balaban J connectivity index is 1.65. The van der Waals surface area contributed by atoms with Gasteiger partial charge in [0.2, 0.25) is 5.91 Å². The Labute approximate surface area is 140 Å². The van der Waals surface area contributed by atoms with Crippen LogP contribution in [0.25, 0.3) is 11.5 Å². The highest BCUT2D eigenvalue weighted by Gasteiger charge is 2.15. The van der Waals surface area contributed by atoms with Crippen LogP contribution < -0.4 is 5.32 Å². The Hall–Kier alpha value is -2.95. The molecule has 0 radical (unpaired) electrons. The number of nitrogens with zero attached hydrogens (tertiary/aromatic N) is 2. The van der Waals surface area contributed by atoms with Crippen molar-refractivity contribution in [2.75, 3.05) is 0 Å². The van der Waals surface area contributed by atoms with Crippen LogP contribution in [0.5, 0.6) is 0 Å². The summed E-state index contributed by atoms with van der Waals surface area (Å²) in [6.07, 6.45) is 0.0898. The van der Waals surface area contributed by atoms with E-state index in [-0.39, 0.29) is 18.4 Å². The zero-order valence-corrected chi connectivity index (χ0v) is 13.7. The molecule has 3 aromatic rings. The summed E-state index contributed by atoms with van der Waals surface area (Å²) in [6, 6.07) is 17.5. The first-order valence-electron chi connectivity index (χ1n) is 7.86. The van der Waals surface area contributed by atoms with Crippen LogP contribution >= 0.6 is 0 Å². The molecule has 3 rings (SSSR count). The molecule has 0 saturated heterocycles. The molecule has 24 heavy (non-hydrogen) atoms. The van der Waals surface area contributed by atoms with E-state index < -0.39 is 0 Å². The Kier molecular flexibility index (Phi) is 4.70. The van der Waals surface area contributed by atoms with Crippen molar-refractivity contribution < 1.29 is 9.32 Å². The van der Waals surface area contributed by atoms with E-state index in [1.54, 1.807) is 0 Å². The second-order valence-electron chi connectivity index (χ2n) is 5.71. The highest BCUT2D eigenvalue weighted by molar-refractivity contribution is 5.78. The van der Waals surface area contributed by atoms with Gasteiger partial charge in [-0.3, -0.25) is 4.79 Å². The van der Waals surface area contributed by atoms with Crippen LogP contribution in [0.3, 0.4) is 0 Å². The van der Waals surface area contributed by atoms with Crippen LogP contribution in [-0.4, -0.2) is 16.0 Å². The number of aryl methyl sites for hydroxylation is 1. The predicted molar refractivity (Wildman–Crippen MR) is 91.2 cm³/mol. The molecule has 5 heteroatoms. The van der Waals surface area contributed by atoms with Crippen LogP contribution in [-0.2, 0) is 11.2 Å². The van der Waals surface area contributed by atoms with Gasteiger partial charge in [0.25, 0.3) is 5.89 Å². The highest BCUT2D eigenvalue weighted by Crippen LogP contribution is 2.21. The number of hydrogen-bond acceptors (Lipinski definition) is 4. The van der Waals surface area contributed by atoms with E-state index in [4.69, 9.17) is 4.52 Å². The second-order valence-corrected chi connectivity index (χ2v) is 5.71. The summed E-state index contributed by atoms with van der Waals surface area (Å²) >= 11 is 0. The topological polar surface area (TPSA) is 68.0 Å². The highest BCUT2D eigenvalue weighted by atomic mass is 16.5. The van der Waals surface area contributed by atoms with Gasteiger partial charge in [-0.1, -0.05) is 53.7 Å². The van der Waals surface area contributed by atoms with Gasteiger partial charge in [0.05, 0.1) is 12.5 Å². The lowest BCUT2D eigenvalue weighted by Crippen LogP contribution is -2.28. The first kappa shape index (κ1) is 15.9. The van der Waals surface area contributed by atoms with Gasteiger partial charge in [-0.2, -0.15) is 4.98 Å². The molecule has 0 spiro atoms. The zero-order chi connectivity index (χ0) is 16.9. The molecule has 0 saturated carbocycles. The van der Waals surface area contributed by atoms with Gasteiger partial charge in [-0.15, -0.1) is 0 Å². The summed E-state index contributed by atoms with van der Waals surface area (Å²) in [5.41, 5.74) is 2.99. The van der Waals surface area contributed by atoms with Gasteiger partial charge >= 0.3 is 0 Å². The van der Waals surface area contributed by atoms with Crippen molar-refractivity contribution in [1.29, 1.82) is 0 Å². The van der Waals surface area contributed by atoms with Crippen LogP contribution in [0, 0.1) is 6.92 Å². The molecule has 0 bridgehead atoms. The van der Waals surface area contributed by atoms with Crippen molar-refractivity contribution in [3.8, 4) is 11.5 Å². The lowest BCUT2D eigenvalue weighted by atomic mass is 10.1. The summed E-state index contributed by atoms with van der Waals surface area (Å²) in [7, 11) is 0. The Bertz CT molecular complexity index is 827. The number of carbonyl (C=O) groups is 1. The molecule has 1 heterocycles. The summed E-state index contributed by atoms with van der Waals surface area (Å²) in [5, 5.41) is 6.85. The largest absolute Gasteiger partial charge is 0.349 e. The third kappa shape index (κ3) is 3.68. The molecule has 2 aromatic carbocycles. The zero-order valence-electron chi connectivity index (χ0n) is 13.7. The SMILES string of the molecule is Cc1ccccc1-c1nc(CC(=O)NC(C)c2ccccc2)no1. The summed E-state index contributed by atoms with van der Waals surface area (Å²) in [5.74, 6) is 0.682. The van der Waals surface area contributed by atoms with Crippen LogP contribution in [0.2, 0.25) is 0 Å². The van der Waals surface area contributed by atoms with E-state index in [1.807, 2.05) is 68.4 Å². The molecule has 1 aromatic heterocycles. The van der Waals surface area contributed by atoms with Gasteiger partial charge in [-0.25, -0.2) is 0 Å². The average molecular weight is 321 g/mol. The Morgan fingerprint density at radius 2 is 1.83 bits per heavy atom. The van der Waals surface area contributed by atoms with Crippen molar-refractivity contribution in [3.05, 3.63) is 71.5 Å². The maximum absolute atomic E-state index is 12.2. The summed E-state index contributed by atoms with van der Waals surface area (Å²) < 4.78 is 5.28. The van der Waals surface area contributed by atoms with E-state index in [0.29, 0.717) is 11.7 Å². The number of amides is 1. The number of carbonyl (C=O) groups excluding carboxylic acids is 1. The molecule has 1 N–H and O–H groups in total. The summed E-state index contributed by atoms with van der Waals surface area (Å²) in [4.78, 5) is 16.5. The first-order valence-corrected chi connectivity index (χ1v) is 7.86. The van der Waals surface area contributed by atoms with Crippen LogP contribution in [0.15, 0.2) is 59.1 Å². The number of benzene rings is 2. The second kappa shape index (κ2) is 7.08. The minimum Gasteiger partial charge on any atom is -0.349 e. The van der Waals surface area contributed by atoms with Crippen LogP contribution in [0.4, 0.5) is 0 Å². The van der Waals surface area contributed by atoms with Crippen molar-refractivity contribution in [1.82, 2.24) is 15.5 Å². The molecular formula is C19H19N3O2. The van der Waals surface area contributed by atoms with Gasteiger partial charge in [-0.05, 0) is 31.0 Å². The molecule has 0 aliphatic carbocycles. The van der Waals surface area contributed by atoms with Crippen molar-refractivity contribution in [3.63, 3.8) is 0 Å². The Morgan fingerprint density at radius 1 is 1.12 bits per heavy atom. The van der Waals surface area contributed by atoms with Crippen molar-refractivity contribution in [2.24, 2.45) is 0 Å². The number of hydrogen-bond donors (Lipinski definition) is 1. The predicted octanol–water partition coefficient (Wildman–Crippen LogP) is 3.46. The van der Waals surface area contributed by atoms with Crippen molar-refractivity contribution in [2.45, 2.75) is 26.3 Å². The third-order valence-corrected chi connectivity index (χ3v) is 3.84. The minimum absolute atomic E-state index is 0.0681. The minimum atomic E-state index is -0.136. The fourth-order valence-electron chi connectivity index (χ4n) is 2.51. The molecule has 1 atom stereocenters. The molecule has 0 fully saturated rings. The molecule has 0 aliphatic heterocycles. The average Bonchev–Trinajstić information content (AvgIpc) is 3.04. The summed E-state index contributed by atoms with van der Waals surface area (Å²) in [6.45, 7) is 3.93. The molecule has 122 valence electrons. The van der Waals surface area contributed by atoms with E-state index in [0.717, 1.165) is 16.7 Å². The fourth-order valence-corrected chi connectivity index (χ4v) is 2.51. The monoisotopic (exact) mass is 321 g/mol. The lowest BCUT2D eigenvalue weighted by molar-refractivity contribution is -0.121. The van der Waals surface area contributed by atoms with E-state index in [9.17, 15) is 4.79 Å². The molecule has 1 unspecified atom stereocenters. The molecule has 5 nitrogen and oxygen atoms in total. The van der Waals surface area contributed by atoms with E-state index in [2.05, 4.69) is 15.5 Å². The van der Waals surface area contributed by atoms with Gasteiger partial charge in [0, 0.05) is 5.56 Å². The maximum Gasteiger partial charge on any atom is 0.258 e. The van der Waals surface area contributed by atoms with E-state index >= 15 is 0 Å². The number of aromatic nitrogens is 2. The Morgan fingerprint density at radius 3 is 2.58 bits per heavy atom. The molecule has 0 aliphatic rings. The number of rotatable bonds is 5. The van der Waals surface area contributed by atoms with Crippen molar-refractivity contribution >= 4 is 5.91 Å². The normalized spacial score (nSPS) is 11.9. The van der Waals surface area contributed by atoms with Gasteiger partial charge in [0.15, 0.2) is 5.82 Å². The van der Waals surface area contributed by atoms with Gasteiger partial charge < -0.3 is 9.84 Å². The number of nitrogens with one attached hydrogen (secondary N) is 1. The molecule has 1 amide bonds. The lowest BCUT2D eigenvalue weighted by Gasteiger charge is -2.13. The molecular weight excluding hydrogens is 302 g/mol. The quantitative estimate of drug-likeness (QED) is 0.781. The first-order chi connectivity index (χ1) is 11.6. The smallest absolute Gasteiger partial charge is 0.258 e. The maximum atomic E-state index is 12.2. The standard InChI is InChI=1S/C19H19N3O2/c1-13-8-6-7-11-16(13)19-21-17(22-24-19)12-18(23)20-14(2)15-9-4-3-5-10-15/h3-11,14H,12H2,1-2H3,(H,20,23). The third-order valence-electron chi connectivity index (χ3n) is 3.84. The van der Waals surface area contributed by atoms with Crippen LogP contribution in [0.1, 0.15) is 29.9 Å². The fraction of sp³-hybridized carbons (Fsp3) is 0.211. The van der Waals surface area contributed by atoms with Gasteiger partial charge in [0.1, 0.15) is 0 Å².